The van der Waals surface area contributed by atoms with Crippen LogP contribution in [0.2, 0.25) is 4.47 Å². The number of nitrogens with zero attached hydrogens (tertiary/aromatic N) is 2. The zero-order valence-electron chi connectivity index (χ0n) is 9.74. The Labute approximate surface area is 133 Å². The summed E-state index contributed by atoms with van der Waals surface area (Å²) >= 11 is 9.35. The Balaban J connectivity index is 2.25. The molecule has 1 aromatic carbocycles. The number of aromatic nitrogens is 2. The predicted molar refractivity (Wildman–Crippen MR) is 73.7 cm³/mol. The van der Waals surface area contributed by atoms with Crippen LogP contribution < -0.4 is 10.1 Å². The first-order valence-electron chi connectivity index (χ1n) is 5.10. The van der Waals surface area contributed by atoms with Gasteiger partial charge in [-0.1, -0.05) is 27.3 Å². The van der Waals surface area contributed by atoms with Gasteiger partial charge in [0.1, 0.15) is 0 Å². The van der Waals surface area contributed by atoms with Gasteiger partial charge in [-0.15, -0.1) is 23.4 Å². The molecule has 0 bridgehead atoms. The first-order valence-corrected chi connectivity index (χ1v) is 7.09. The number of carbonyl (C=O) groups is 1. The first-order chi connectivity index (χ1) is 9.74. The van der Waals surface area contributed by atoms with Crippen molar-refractivity contribution in [2.45, 2.75) is 6.36 Å². The molecule has 11 heteroatoms. The van der Waals surface area contributed by atoms with Crippen LogP contribution in [-0.4, -0.2) is 22.5 Å². The van der Waals surface area contributed by atoms with Gasteiger partial charge in [0.15, 0.2) is 5.75 Å². The zero-order valence-corrected chi connectivity index (χ0v) is 12.9. The summed E-state index contributed by atoms with van der Waals surface area (Å²) in [7, 11) is 0. The Bertz CT molecular complexity index is 680. The Hall–Kier alpha value is -1.39. The van der Waals surface area contributed by atoms with Crippen LogP contribution in [0.1, 0.15) is 9.80 Å². The zero-order chi connectivity index (χ0) is 15.6. The molecular formula is C10H4BrClF3N3O2S. The van der Waals surface area contributed by atoms with E-state index in [4.69, 9.17) is 11.6 Å². The Morgan fingerprint density at radius 1 is 1.38 bits per heavy atom. The summed E-state index contributed by atoms with van der Waals surface area (Å²) in [6.07, 6.45) is -4.88. The highest BCUT2D eigenvalue weighted by Gasteiger charge is 2.32. The van der Waals surface area contributed by atoms with E-state index in [1.807, 2.05) is 0 Å². The summed E-state index contributed by atoms with van der Waals surface area (Å²) < 4.78 is 41.2. The molecule has 1 amide bonds. The summed E-state index contributed by atoms with van der Waals surface area (Å²) in [4.78, 5) is 11.8. The number of hydrogen-bond donors (Lipinski definition) is 1. The molecule has 21 heavy (non-hydrogen) atoms. The van der Waals surface area contributed by atoms with Crippen LogP contribution in [-0.2, 0) is 0 Å². The van der Waals surface area contributed by atoms with Crippen molar-refractivity contribution in [2.24, 2.45) is 0 Å². The van der Waals surface area contributed by atoms with Crippen molar-refractivity contribution < 1.29 is 22.7 Å². The largest absolute Gasteiger partial charge is 0.573 e. The Kier molecular flexibility index (Phi) is 4.69. The van der Waals surface area contributed by atoms with Crippen LogP contribution >= 0.6 is 38.9 Å². The Morgan fingerprint density at radius 3 is 2.67 bits per heavy atom. The number of anilines is 1. The van der Waals surface area contributed by atoms with E-state index in [0.717, 1.165) is 17.4 Å². The molecule has 0 unspecified atom stereocenters. The SMILES string of the molecule is O=C(Nc1ccc(Br)cc1OC(F)(F)F)c1nnc(Cl)s1. The normalized spacial score (nSPS) is 11.3. The molecule has 1 heterocycles. The monoisotopic (exact) mass is 401 g/mol. The lowest BCUT2D eigenvalue weighted by Gasteiger charge is -2.13. The topological polar surface area (TPSA) is 64.1 Å². The van der Waals surface area contributed by atoms with Crippen LogP contribution in [0, 0.1) is 0 Å². The van der Waals surface area contributed by atoms with E-state index in [-0.39, 0.29) is 15.2 Å². The Morgan fingerprint density at radius 2 is 2.10 bits per heavy atom. The number of hydrogen-bond acceptors (Lipinski definition) is 5. The van der Waals surface area contributed by atoms with E-state index >= 15 is 0 Å². The van der Waals surface area contributed by atoms with E-state index in [9.17, 15) is 18.0 Å². The molecule has 0 saturated carbocycles. The number of nitrogens with one attached hydrogen (secondary N) is 1. The van der Waals surface area contributed by atoms with E-state index in [1.165, 1.54) is 12.1 Å². The molecule has 0 atom stereocenters. The molecule has 2 rings (SSSR count). The van der Waals surface area contributed by atoms with E-state index in [0.29, 0.717) is 4.47 Å². The van der Waals surface area contributed by atoms with Gasteiger partial charge >= 0.3 is 6.36 Å². The lowest BCUT2D eigenvalue weighted by atomic mass is 10.3. The molecule has 0 aliphatic heterocycles. The molecule has 112 valence electrons. The summed E-state index contributed by atoms with van der Waals surface area (Å²) in [6.45, 7) is 0. The summed E-state index contributed by atoms with van der Waals surface area (Å²) in [5, 5.41) is 9.09. The van der Waals surface area contributed by atoms with Gasteiger partial charge in [0.2, 0.25) is 9.47 Å². The number of ether oxygens (including phenoxy) is 1. The fourth-order valence-electron chi connectivity index (χ4n) is 1.28. The molecule has 0 saturated heterocycles. The molecular weight excluding hydrogens is 399 g/mol. The second-order valence-corrected chi connectivity index (χ2v) is 5.98. The number of benzene rings is 1. The minimum absolute atomic E-state index is 0.0442. The van der Waals surface area contributed by atoms with Crippen LogP contribution in [0.15, 0.2) is 22.7 Å². The minimum atomic E-state index is -4.88. The maximum atomic E-state index is 12.3. The van der Waals surface area contributed by atoms with Gasteiger partial charge in [0.25, 0.3) is 5.91 Å². The average Bonchev–Trinajstić information content (AvgIpc) is 2.77. The third-order valence-electron chi connectivity index (χ3n) is 2.01. The van der Waals surface area contributed by atoms with Crippen molar-refractivity contribution in [3.63, 3.8) is 0 Å². The standard InChI is InChI=1S/C10H4BrClF3N3O2S/c11-4-1-2-5(6(3-4)20-10(13,14)15)16-7(19)8-17-18-9(12)21-8/h1-3H,(H,16,19). The third-order valence-corrected chi connectivity index (χ3v) is 3.52. The summed E-state index contributed by atoms with van der Waals surface area (Å²) in [5.74, 6) is -1.30. The summed E-state index contributed by atoms with van der Waals surface area (Å²) in [6, 6.07) is 3.79. The quantitative estimate of drug-likeness (QED) is 0.839. The molecule has 0 fully saturated rings. The molecule has 0 spiro atoms. The van der Waals surface area contributed by atoms with Crippen LogP contribution in [0.5, 0.6) is 5.75 Å². The van der Waals surface area contributed by atoms with E-state index in [1.54, 1.807) is 0 Å². The van der Waals surface area contributed by atoms with Gasteiger partial charge in [-0.25, -0.2) is 0 Å². The third kappa shape index (κ3) is 4.55. The smallest absolute Gasteiger partial charge is 0.404 e. The first kappa shape index (κ1) is 16.0. The van der Waals surface area contributed by atoms with Crippen molar-refractivity contribution in [1.82, 2.24) is 10.2 Å². The van der Waals surface area contributed by atoms with Gasteiger partial charge < -0.3 is 10.1 Å². The van der Waals surface area contributed by atoms with Gasteiger partial charge in [-0.2, -0.15) is 0 Å². The fraction of sp³-hybridized carbons (Fsp3) is 0.100. The highest BCUT2D eigenvalue weighted by Crippen LogP contribution is 2.33. The minimum Gasteiger partial charge on any atom is -0.404 e. The van der Waals surface area contributed by atoms with Crippen LogP contribution in [0.3, 0.4) is 0 Å². The molecule has 1 N–H and O–H groups in total. The van der Waals surface area contributed by atoms with Crippen molar-refractivity contribution in [3.8, 4) is 5.75 Å². The van der Waals surface area contributed by atoms with Crippen molar-refractivity contribution in [2.75, 3.05) is 5.32 Å². The highest BCUT2D eigenvalue weighted by atomic mass is 79.9. The maximum Gasteiger partial charge on any atom is 0.573 e. The van der Waals surface area contributed by atoms with E-state index in [2.05, 4.69) is 36.2 Å². The lowest BCUT2D eigenvalue weighted by molar-refractivity contribution is -0.274. The lowest BCUT2D eigenvalue weighted by Crippen LogP contribution is -2.19. The number of alkyl halides is 3. The van der Waals surface area contributed by atoms with Gasteiger partial charge in [0, 0.05) is 4.47 Å². The van der Waals surface area contributed by atoms with Gasteiger partial charge in [-0.3, -0.25) is 4.79 Å². The maximum absolute atomic E-state index is 12.3. The van der Waals surface area contributed by atoms with Gasteiger partial charge in [0.05, 0.1) is 5.69 Å². The molecule has 5 nitrogen and oxygen atoms in total. The summed E-state index contributed by atoms with van der Waals surface area (Å²) in [5.41, 5.74) is -0.160. The van der Waals surface area contributed by atoms with Crippen molar-refractivity contribution in [3.05, 3.63) is 32.1 Å². The fourth-order valence-corrected chi connectivity index (χ4v) is 2.35. The van der Waals surface area contributed by atoms with Crippen LogP contribution in [0.4, 0.5) is 18.9 Å². The predicted octanol–water partition coefficient (Wildman–Crippen LogP) is 4.10. The molecule has 0 radical (unpaired) electrons. The molecule has 0 aliphatic rings. The number of carbonyl (C=O) groups excluding carboxylic acids is 1. The van der Waals surface area contributed by atoms with Crippen LogP contribution in [0.25, 0.3) is 0 Å². The van der Waals surface area contributed by atoms with E-state index < -0.39 is 18.0 Å². The molecule has 0 aliphatic carbocycles. The molecule has 1 aromatic heterocycles. The van der Waals surface area contributed by atoms with Crippen molar-refractivity contribution in [1.29, 1.82) is 0 Å². The number of amides is 1. The van der Waals surface area contributed by atoms with Gasteiger partial charge in [-0.05, 0) is 29.8 Å². The number of halogens is 5. The molecule has 2 aromatic rings. The van der Waals surface area contributed by atoms with Crippen molar-refractivity contribution >= 4 is 50.5 Å². The average molecular weight is 403 g/mol. The second-order valence-electron chi connectivity index (χ2n) is 3.50. The number of rotatable bonds is 3. The highest BCUT2D eigenvalue weighted by molar-refractivity contribution is 9.10. The second kappa shape index (κ2) is 6.16.